The van der Waals surface area contributed by atoms with Crippen LogP contribution in [0.2, 0.25) is 0 Å². The second-order valence-corrected chi connectivity index (χ2v) is 6.88. The number of hydrogen-bond acceptors (Lipinski definition) is 2. The van der Waals surface area contributed by atoms with Crippen LogP contribution < -0.4 is 10.1 Å². The smallest absolute Gasteiger partial charge is 0.137 e. The fourth-order valence-corrected chi connectivity index (χ4v) is 4.05. The number of methoxy groups -OCH3 is 1. The van der Waals surface area contributed by atoms with E-state index in [9.17, 15) is 0 Å². The van der Waals surface area contributed by atoms with Gasteiger partial charge in [-0.2, -0.15) is 0 Å². The highest BCUT2D eigenvalue weighted by Crippen LogP contribution is 2.32. The maximum Gasteiger partial charge on any atom is 0.137 e. The van der Waals surface area contributed by atoms with E-state index in [1.165, 1.54) is 31.2 Å². The summed E-state index contributed by atoms with van der Waals surface area (Å²) in [4.78, 5) is 0. The van der Waals surface area contributed by atoms with Crippen molar-refractivity contribution in [1.82, 2.24) is 5.32 Å². The average Bonchev–Trinajstić information content (AvgIpc) is 2.44. The van der Waals surface area contributed by atoms with Crippen molar-refractivity contribution >= 4 is 44.3 Å². The van der Waals surface area contributed by atoms with Gasteiger partial charge in [0, 0.05) is 16.6 Å². The minimum Gasteiger partial charge on any atom is -0.495 e. The summed E-state index contributed by atoms with van der Waals surface area (Å²) in [6.45, 7) is 1.85. The van der Waals surface area contributed by atoms with Crippen LogP contribution in [-0.2, 0) is 6.54 Å². The van der Waals surface area contributed by atoms with Crippen molar-refractivity contribution in [1.29, 1.82) is 0 Å². The molecule has 0 bridgehead atoms. The number of hydrogen-bond donors (Lipinski definition) is 1. The molecule has 1 aromatic carbocycles. The summed E-state index contributed by atoms with van der Waals surface area (Å²) in [5.74, 6) is 0.914. The molecule has 118 valence electrons. The molecule has 21 heavy (non-hydrogen) atoms. The molecule has 1 aliphatic rings. The first kappa shape index (κ1) is 19.0. The Labute approximate surface area is 150 Å². The number of benzene rings is 1. The second kappa shape index (κ2) is 9.88. The number of ether oxygens (including phenoxy) is 1. The monoisotopic (exact) mass is 437 g/mol. The van der Waals surface area contributed by atoms with Gasteiger partial charge in [-0.1, -0.05) is 27.6 Å². The molecule has 5 heteroatoms. The minimum absolute atomic E-state index is 0. The molecule has 1 N–H and O–H groups in total. The summed E-state index contributed by atoms with van der Waals surface area (Å²) >= 11 is 7.06. The third kappa shape index (κ3) is 5.93. The standard InChI is InChI=1S/C16H21Br2NO.ClH/c1-20-16-13(9-14(17)10-15(16)18)11-19-8-7-12-5-3-2-4-6-12;/h5,9-10,19H,2-4,6-8,11H2,1H3;1H. The Morgan fingerprint density at radius 2 is 2.05 bits per heavy atom. The summed E-state index contributed by atoms with van der Waals surface area (Å²) in [5, 5.41) is 3.52. The summed E-state index contributed by atoms with van der Waals surface area (Å²) < 4.78 is 7.51. The highest BCUT2D eigenvalue weighted by Gasteiger charge is 2.09. The molecule has 0 saturated heterocycles. The maximum atomic E-state index is 5.46. The van der Waals surface area contributed by atoms with Crippen LogP contribution in [0.4, 0.5) is 0 Å². The quantitative estimate of drug-likeness (QED) is 0.459. The molecule has 0 saturated carbocycles. The van der Waals surface area contributed by atoms with Gasteiger partial charge >= 0.3 is 0 Å². The Kier molecular flexibility index (Phi) is 8.95. The zero-order chi connectivity index (χ0) is 14.4. The van der Waals surface area contributed by atoms with E-state index >= 15 is 0 Å². The molecule has 0 aromatic heterocycles. The third-order valence-electron chi connectivity index (χ3n) is 3.61. The first-order chi connectivity index (χ1) is 9.70. The molecule has 0 unspecified atom stereocenters. The Hall–Kier alpha value is -0.0300. The van der Waals surface area contributed by atoms with Gasteiger partial charge in [-0.05, 0) is 66.7 Å². The molecule has 0 spiro atoms. The lowest BCUT2D eigenvalue weighted by atomic mass is 9.97. The van der Waals surface area contributed by atoms with E-state index < -0.39 is 0 Å². The number of nitrogens with one attached hydrogen (secondary N) is 1. The number of halogens is 3. The molecule has 0 radical (unpaired) electrons. The molecule has 0 aliphatic heterocycles. The van der Waals surface area contributed by atoms with Gasteiger partial charge < -0.3 is 10.1 Å². The molecule has 1 aliphatic carbocycles. The maximum absolute atomic E-state index is 5.46. The van der Waals surface area contributed by atoms with Gasteiger partial charge in [0.1, 0.15) is 5.75 Å². The van der Waals surface area contributed by atoms with Crippen LogP contribution in [0.15, 0.2) is 32.7 Å². The van der Waals surface area contributed by atoms with E-state index in [1.54, 1.807) is 12.7 Å². The minimum atomic E-state index is 0. The lowest BCUT2D eigenvalue weighted by Crippen LogP contribution is -2.16. The van der Waals surface area contributed by atoms with Crippen molar-refractivity contribution in [3.8, 4) is 5.75 Å². The van der Waals surface area contributed by atoms with E-state index in [1.807, 2.05) is 6.07 Å². The van der Waals surface area contributed by atoms with Crippen molar-refractivity contribution in [3.63, 3.8) is 0 Å². The van der Waals surface area contributed by atoms with Crippen molar-refractivity contribution in [2.45, 2.75) is 38.6 Å². The summed E-state index contributed by atoms with van der Waals surface area (Å²) in [6.07, 6.45) is 8.85. The second-order valence-electron chi connectivity index (χ2n) is 5.11. The Bertz CT molecular complexity index is 491. The van der Waals surface area contributed by atoms with Crippen LogP contribution in [0.1, 0.15) is 37.7 Å². The summed E-state index contributed by atoms with van der Waals surface area (Å²) in [6, 6.07) is 4.12. The van der Waals surface area contributed by atoms with E-state index in [2.05, 4.69) is 49.3 Å². The fourth-order valence-electron chi connectivity index (χ4n) is 2.58. The first-order valence-electron chi connectivity index (χ1n) is 7.11. The normalized spacial score (nSPS) is 14.3. The van der Waals surface area contributed by atoms with Crippen molar-refractivity contribution in [2.75, 3.05) is 13.7 Å². The lowest BCUT2D eigenvalue weighted by molar-refractivity contribution is 0.405. The highest BCUT2D eigenvalue weighted by atomic mass is 79.9. The predicted molar refractivity (Wildman–Crippen MR) is 98.5 cm³/mol. The molecule has 0 amide bonds. The molecule has 1 aromatic rings. The molecular weight excluding hydrogens is 417 g/mol. The van der Waals surface area contributed by atoms with Crippen LogP contribution in [0, 0.1) is 0 Å². The van der Waals surface area contributed by atoms with Crippen LogP contribution in [-0.4, -0.2) is 13.7 Å². The number of rotatable bonds is 6. The van der Waals surface area contributed by atoms with Gasteiger partial charge in [-0.15, -0.1) is 12.4 Å². The van der Waals surface area contributed by atoms with Gasteiger partial charge in [0.2, 0.25) is 0 Å². The van der Waals surface area contributed by atoms with E-state index in [4.69, 9.17) is 4.74 Å². The number of allylic oxidation sites excluding steroid dienone is 1. The summed E-state index contributed by atoms with van der Waals surface area (Å²) in [5.41, 5.74) is 2.79. The zero-order valence-electron chi connectivity index (χ0n) is 12.3. The average molecular weight is 440 g/mol. The molecule has 0 heterocycles. The Morgan fingerprint density at radius 1 is 1.24 bits per heavy atom. The van der Waals surface area contributed by atoms with E-state index in [0.29, 0.717) is 0 Å². The lowest BCUT2D eigenvalue weighted by Gasteiger charge is -2.14. The van der Waals surface area contributed by atoms with E-state index in [-0.39, 0.29) is 12.4 Å². The third-order valence-corrected chi connectivity index (χ3v) is 4.66. The topological polar surface area (TPSA) is 21.3 Å². The van der Waals surface area contributed by atoms with Crippen molar-refractivity contribution < 1.29 is 4.74 Å². The van der Waals surface area contributed by atoms with Crippen LogP contribution in [0.5, 0.6) is 5.75 Å². The highest BCUT2D eigenvalue weighted by molar-refractivity contribution is 9.11. The molecule has 2 rings (SSSR count). The SMILES string of the molecule is COc1c(Br)cc(Br)cc1CNCCC1=CCCCC1.Cl. The van der Waals surface area contributed by atoms with Crippen LogP contribution >= 0.6 is 44.3 Å². The van der Waals surface area contributed by atoms with Gasteiger partial charge in [-0.3, -0.25) is 0 Å². The Balaban J connectivity index is 0.00000220. The molecule has 0 atom stereocenters. The molecule has 0 fully saturated rings. The summed E-state index contributed by atoms with van der Waals surface area (Å²) in [7, 11) is 1.71. The van der Waals surface area contributed by atoms with Gasteiger partial charge in [0.15, 0.2) is 0 Å². The predicted octanol–water partition coefficient (Wildman–Crippen LogP) is 5.62. The zero-order valence-corrected chi connectivity index (χ0v) is 16.2. The Morgan fingerprint density at radius 3 is 2.71 bits per heavy atom. The van der Waals surface area contributed by atoms with Crippen LogP contribution in [0.3, 0.4) is 0 Å². The van der Waals surface area contributed by atoms with Gasteiger partial charge in [0.05, 0.1) is 11.6 Å². The van der Waals surface area contributed by atoms with Gasteiger partial charge in [-0.25, -0.2) is 0 Å². The molecule has 2 nitrogen and oxygen atoms in total. The molecular formula is C16H22Br2ClNO. The van der Waals surface area contributed by atoms with Gasteiger partial charge in [0.25, 0.3) is 0 Å². The van der Waals surface area contributed by atoms with Crippen LogP contribution in [0.25, 0.3) is 0 Å². The van der Waals surface area contributed by atoms with Crippen molar-refractivity contribution in [3.05, 3.63) is 38.3 Å². The largest absolute Gasteiger partial charge is 0.495 e. The van der Waals surface area contributed by atoms with E-state index in [0.717, 1.165) is 34.2 Å². The first-order valence-corrected chi connectivity index (χ1v) is 8.70. The fraction of sp³-hybridized carbons (Fsp3) is 0.500. The van der Waals surface area contributed by atoms with Crippen molar-refractivity contribution in [2.24, 2.45) is 0 Å².